The van der Waals surface area contributed by atoms with E-state index in [1.807, 2.05) is 11.0 Å². The number of benzene rings is 1. The lowest BCUT2D eigenvalue weighted by Crippen LogP contribution is -2.47. The monoisotopic (exact) mass is 318 g/mol. The number of hydrogen-bond donors (Lipinski definition) is 0. The molecule has 5 heteroatoms. The van der Waals surface area contributed by atoms with E-state index in [-0.39, 0.29) is 5.91 Å². The van der Waals surface area contributed by atoms with Crippen LogP contribution in [0.15, 0.2) is 18.2 Å². The van der Waals surface area contributed by atoms with E-state index in [1.54, 1.807) is 26.4 Å². The minimum Gasteiger partial charge on any atom is -0.497 e. The number of nitrogens with zero attached hydrogens (tertiary/aromatic N) is 2. The summed E-state index contributed by atoms with van der Waals surface area (Å²) >= 11 is 0. The normalized spacial score (nSPS) is 24.9. The van der Waals surface area contributed by atoms with Crippen LogP contribution in [0.2, 0.25) is 0 Å². The maximum absolute atomic E-state index is 13.1. The van der Waals surface area contributed by atoms with E-state index in [0.717, 1.165) is 25.9 Å². The van der Waals surface area contributed by atoms with Crippen molar-refractivity contribution in [1.29, 1.82) is 0 Å². The molecule has 23 heavy (non-hydrogen) atoms. The highest BCUT2D eigenvalue weighted by Crippen LogP contribution is 2.32. The molecule has 0 spiro atoms. The maximum Gasteiger partial charge on any atom is 0.258 e. The Bertz CT molecular complexity index is 575. The Hall–Kier alpha value is -1.75. The molecule has 2 atom stereocenters. The molecule has 0 aliphatic carbocycles. The van der Waals surface area contributed by atoms with E-state index in [2.05, 4.69) is 11.9 Å². The molecule has 1 aromatic carbocycles. The summed E-state index contributed by atoms with van der Waals surface area (Å²) in [5, 5.41) is 0. The van der Waals surface area contributed by atoms with Crippen molar-refractivity contribution in [2.45, 2.75) is 37.8 Å². The Balaban J connectivity index is 1.87. The van der Waals surface area contributed by atoms with Crippen molar-refractivity contribution in [3.63, 3.8) is 0 Å². The molecule has 0 bridgehead atoms. The molecule has 2 aliphatic rings. The van der Waals surface area contributed by atoms with Crippen LogP contribution in [0.3, 0.4) is 0 Å². The maximum atomic E-state index is 13.1. The summed E-state index contributed by atoms with van der Waals surface area (Å²) in [7, 11) is 5.39. The van der Waals surface area contributed by atoms with Crippen molar-refractivity contribution in [1.82, 2.24) is 9.80 Å². The smallest absolute Gasteiger partial charge is 0.258 e. The van der Waals surface area contributed by atoms with E-state index in [1.165, 1.54) is 12.8 Å². The average molecular weight is 318 g/mol. The summed E-state index contributed by atoms with van der Waals surface area (Å²) in [6.07, 6.45) is 4.57. The highest BCUT2D eigenvalue weighted by molar-refractivity contribution is 5.97. The van der Waals surface area contributed by atoms with Crippen LogP contribution >= 0.6 is 0 Å². The van der Waals surface area contributed by atoms with Gasteiger partial charge in [-0.15, -0.1) is 0 Å². The molecule has 1 amide bonds. The molecule has 2 saturated heterocycles. The van der Waals surface area contributed by atoms with Crippen LogP contribution in [-0.2, 0) is 0 Å². The Morgan fingerprint density at radius 1 is 1.09 bits per heavy atom. The van der Waals surface area contributed by atoms with Crippen LogP contribution in [0.5, 0.6) is 11.5 Å². The summed E-state index contributed by atoms with van der Waals surface area (Å²) in [4.78, 5) is 17.6. The Kier molecular flexibility index (Phi) is 4.76. The second-order valence-electron chi connectivity index (χ2n) is 6.46. The standard InChI is InChI=1S/C18H26N2O3/c1-19-10-4-6-15(19)16-7-5-11-20(16)18(21)14-12-13(22-2)8-9-17(14)23-3/h8-9,12,15-16H,4-7,10-11H2,1-3H3/t15-,16-/m0/s1. The molecule has 2 fully saturated rings. The number of methoxy groups -OCH3 is 2. The van der Waals surface area contributed by atoms with Crippen LogP contribution in [0, 0.1) is 0 Å². The zero-order valence-electron chi connectivity index (χ0n) is 14.2. The van der Waals surface area contributed by atoms with Gasteiger partial charge in [-0.2, -0.15) is 0 Å². The highest BCUT2D eigenvalue weighted by Gasteiger charge is 2.39. The van der Waals surface area contributed by atoms with Crippen LogP contribution in [0.1, 0.15) is 36.0 Å². The van der Waals surface area contributed by atoms with Gasteiger partial charge in [0, 0.05) is 18.6 Å². The number of amides is 1. The molecular weight excluding hydrogens is 292 g/mol. The average Bonchev–Trinajstić information content (AvgIpc) is 3.21. The van der Waals surface area contributed by atoms with Crippen LogP contribution < -0.4 is 9.47 Å². The third-order valence-corrected chi connectivity index (χ3v) is 5.22. The zero-order valence-corrected chi connectivity index (χ0v) is 14.2. The van der Waals surface area contributed by atoms with Gasteiger partial charge in [0.2, 0.25) is 0 Å². The molecule has 1 aromatic rings. The summed E-state index contributed by atoms with van der Waals surface area (Å²) < 4.78 is 10.7. The molecule has 0 aromatic heterocycles. The van der Waals surface area contributed by atoms with Gasteiger partial charge in [0.15, 0.2) is 0 Å². The largest absolute Gasteiger partial charge is 0.497 e. The Morgan fingerprint density at radius 3 is 2.48 bits per heavy atom. The minimum absolute atomic E-state index is 0.0588. The molecule has 126 valence electrons. The van der Waals surface area contributed by atoms with Gasteiger partial charge >= 0.3 is 0 Å². The summed E-state index contributed by atoms with van der Waals surface area (Å²) in [6.45, 7) is 1.96. The third-order valence-electron chi connectivity index (χ3n) is 5.22. The van der Waals surface area contributed by atoms with E-state index in [9.17, 15) is 4.79 Å². The van der Waals surface area contributed by atoms with Gasteiger partial charge in [0.05, 0.1) is 19.8 Å². The molecule has 0 unspecified atom stereocenters. The predicted octanol–water partition coefficient (Wildman–Crippen LogP) is 2.40. The fraction of sp³-hybridized carbons (Fsp3) is 0.611. The molecule has 0 N–H and O–H groups in total. The summed E-state index contributed by atoms with van der Waals surface area (Å²) in [6, 6.07) is 6.21. The fourth-order valence-electron chi connectivity index (χ4n) is 4.00. The van der Waals surface area contributed by atoms with Crippen molar-refractivity contribution in [3.8, 4) is 11.5 Å². The second-order valence-corrected chi connectivity index (χ2v) is 6.46. The van der Waals surface area contributed by atoms with E-state index >= 15 is 0 Å². The van der Waals surface area contributed by atoms with E-state index in [0.29, 0.717) is 29.1 Å². The summed E-state index contributed by atoms with van der Waals surface area (Å²) in [5.74, 6) is 1.35. The molecule has 2 aliphatic heterocycles. The number of carbonyl (C=O) groups excluding carboxylic acids is 1. The van der Waals surface area contributed by atoms with Gasteiger partial charge in [-0.1, -0.05) is 0 Å². The van der Waals surface area contributed by atoms with Crippen molar-refractivity contribution in [2.24, 2.45) is 0 Å². The summed E-state index contributed by atoms with van der Waals surface area (Å²) in [5.41, 5.74) is 0.597. The number of likely N-dealkylation sites (N-methyl/N-ethyl adjacent to an activating group) is 1. The van der Waals surface area contributed by atoms with Gasteiger partial charge in [0.25, 0.3) is 5.91 Å². The molecule has 3 rings (SSSR count). The molecule has 0 radical (unpaired) electrons. The van der Waals surface area contributed by atoms with Crippen LogP contribution in [0.25, 0.3) is 0 Å². The van der Waals surface area contributed by atoms with Crippen molar-refractivity contribution in [2.75, 3.05) is 34.4 Å². The topological polar surface area (TPSA) is 42.0 Å². The molecule has 2 heterocycles. The number of rotatable bonds is 4. The number of ether oxygens (including phenoxy) is 2. The Labute approximate surface area is 138 Å². The van der Waals surface area contributed by atoms with E-state index in [4.69, 9.17) is 9.47 Å². The van der Waals surface area contributed by atoms with Crippen molar-refractivity contribution in [3.05, 3.63) is 23.8 Å². The van der Waals surface area contributed by atoms with Gasteiger partial charge < -0.3 is 19.3 Å². The van der Waals surface area contributed by atoms with Gasteiger partial charge in [0.1, 0.15) is 11.5 Å². The molecule has 0 saturated carbocycles. The first-order chi connectivity index (χ1) is 11.2. The second kappa shape index (κ2) is 6.79. The SMILES string of the molecule is COc1ccc(OC)c(C(=O)N2CCC[C@H]2[C@@H]2CCCN2C)c1. The van der Waals surface area contributed by atoms with E-state index < -0.39 is 0 Å². The molecule has 5 nitrogen and oxygen atoms in total. The van der Waals surface area contributed by atoms with Gasteiger partial charge in [-0.05, 0) is 57.5 Å². The zero-order chi connectivity index (χ0) is 16.4. The van der Waals surface area contributed by atoms with Crippen molar-refractivity contribution < 1.29 is 14.3 Å². The quantitative estimate of drug-likeness (QED) is 0.855. The lowest BCUT2D eigenvalue weighted by Gasteiger charge is -2.33. The lowest BCUT2D eigenvalue weighted by atomic mass is 10.0. The van der Waals surface area contributed by atoms with Gasteiger partial charge in [-0.3, -0.25) is 4.79 Å². The lowest BCUT2D eigenvalue weighted by molar-refractivity contribution is 0.0661. The minimum atomic E-state index is 0.0588. The third kappa shape index (κ3) is 3.02. The first kappa shape index (κ1) is 16.1. The highest BCUT2D eigenvalue weighted by atomic mass is 16.5. The van der Waals surface area contributed by atoms with Crippen LogP contribution in [-0.4, -0.2) is 62.1 Å². The first-order valence-corrected chi connectivity index (χ1v) is 8.39. The molecular formula is C18H26N2O3. The number of hydrogen-bond acceptors (Lipinski definition) is 4. The van der Waals surface area contributed by atoms with Crippen LogP contribution in [0.4, 0.5) is 0 Å². The van der Waals surface area contributed by atoms with Crippen molar-refractivity contribution >= 4 is 5.91 Å². The predicted molar refractivity (Wildman–Crippen MR) is 89.3 cm³/mol. The first-order valence-electron chi connectivity index (χ1n) is 8.39. The Morgan fingerprint density at radius 2 is 1.83 bits per heavy atom. The fourth-order valence-corrected chi connectivity index (χ4v) is 4.00. The number of likely N-dealkylation sites (tertiary alicyclic amines) is 2. The number of carbonyl (C=O) groups is 1. The van der Waals surface area contributed by atoms with Gasteiger partial charge in [-0.25, -0.2) is 0 Å².